The molecule has 0 radical (unpaired) electrons. The van der Waals surface area contributed by atoms with E-state index in [1.807, 2.05) is 0 Å². The van der Waals surface area contributed by atoms with E-state index in [1.165, 1.54) is 25.7 Å². The number of nitrogens with zero attached hydrogens (tertiary/aromatic N) is 2. The van der Waals surface area contributed by atoms with E-state index in [9.17, 15) is 9.90 Å². The molecule has 0 aromatic heterocycles. The Hall–Kier alpha value is -0.610. The molecule has 0 aromatic rings. The minimum absolute atomic E-state index is 0.173. The van der Waals surface area contributed by atoms with Gasteiger partial charge in [-0.25, -0.2) is 0 Å². The average Bonchev–Trinajstić information content (AvgIpc) is 2.61. The number of carboxylic acid groups (broad SMARTS) is 1. The molecule has 0 saturated carbocycles. The van der Waals surface area contributed by atoms with Gasteiger partial charge in [-0.3, -0.25) is 4.79 Å². The van der Waals surface area contributed by atoms with Crippen LogP contribution in [0.1, 0.15) is 32.1 Å². The summed E-state index contributed by atoms with van der Waals surface area (Å²) < 4.78 is 0. The molecule has 1 N–H and O–H groups in total. The molecule has 2 heterocycles. The molecule has 2 rings (SSSR count). The van der Waals surface area contributed by atoms with E-state index in [2.05, 4.69) is 16.8 Å². The Bertz CT molecular complexity index is 275. The summed E-state index contributed by atoms with van der Waals surface area (Å²) >= 11 is 0. The van der Waals surface area contributed by atoms with Gasteiger partial charge in [0.15, 0.2) is 0 Å². The van der Waals surface area contributed by atoms with Crippen LogP contribution in [0.4, 0.5) is 0 Å². The van der Waals surface area contributed by atoms with Crippen LogP contribution in [0.3, 0.4) is 0 Å². The zero-order chi connectivity index (χ0) is 13.0. The largest absolute Gasteiger partial charge is 0.481 e. The van der Waals surface area contributed by atoms with Crippen molar-refractivity contribution in [3.05, 3.63) is 0 Å². The van der Waals surface area contributed by atoms with Crippen LogP contribution < -0.4 is 0 Å². The van der Waals surface area contributed by atoms with Crippen molar-refractivity contribution in [3.8, 4) is 0 Å². The van der Waals surface area contributed by atoms with Crippen molar-refractivity contribution in [1.29, 1.82) is 0 Å². The maximum atomic E-state index is 11.5. The third-order valence-electron chi connectivity index (χ3n) is 4.47. The predicted molar refractivity (Wildman–Crippen MR) is 71.6 cm³/mol. The van der Waals surface area contributed by atoms with Gasteiger partial charge in [0.05, 0.1) is 5.92 Å². The molecule has 2 saturated heterocycles. The topological polar surface area (TPSA) is 43.8 Å². The van der Waals surface area contributed by atoms with E-state index in [0.29, 0.717) is 5.92 Å². The lowest BCUT2D eigenvalue weighted by Gasteiger charge is -2.27. The Morgan fingerprint density at radius 3 is 2.39 bits per heavy atom. The van der Waals surface area contributed by atoms with Gasteiger partial charge in [0.25, 0.3) is 0 Å². The Balaban J connectivity index is 1.91. The van der Waals surface area contributed by atoms with Crippen LogP contribution >= 0.6 is 0 Å². The summed E-state index contributed by atoms with van der Waals surface area (Å²) in [6.07, 6.45) is 6.12. The van der Waals surface area contributed by atoms with E-state index in [1.54, 1.807) is 0 Å². The van der Waals surface area contributed by atoms with Crippen LogP contribution in [0.5, 0.6) is 0 Å². The molecule has 2 aliphatic rings. The molecule has 2 fully saturated rings. The lowest BCUT2D eigenvalue weighted by Crippen LogP contribution is -2.38. The molecular weight excluding hydrogens is 228 g/mol. The monoisotopic (exact) mass is 254 g/mol. The van der Waals surface area contributed by atoms with Gasteiger partial charge in [-0.15, -0.1) is 0 Å². The Kier molecular flexibility index (Phi) is 5.01. The fraction of sp³-hybridized carbons (Fsp3) is 0.929. The molecule has 0 aliphatic carbocycles. The van der Waals surface area contributed by atoms with Crippen LogP contribution in [-0.2, 0) is 4.79 Å². The number of likely N-dealkylation sites (tertiary alicyclic amines) is 2. The van der Waals surface area contributed by atoms with Crippen LogP contribution in [0.15, 0.2) is 0 Å². The van der Waals surface area contributed by atoms with Gasteiger partial charge in [-0.1, -0.05) is 12.8 Å². The van der Waals surface area contributed by atoms with Crippen LogP contribution in [0.2, 0.25) is 0 Å². The van der Waals surface area contributed by atoms with Crippen LogP contribution in [-0.4, -0.2) is 60.6 Å². The highest BCUT2D eigenvalue weighted by atomic mass is 16.4. The lowest BCUT2D eigenvalue weighted by atomic mass is 9.91. The van der Waals surface area contributed by atoms with Crippen molar-refractivity contribution in [1.82, 2.24) is 9.80 Å². The summed E-state index contributed by atoms with van der Waals surface area (Å²) in [4.78, 5) is 16.1. The van der Waals surface area contributed by atoms with Gasteiger partial charge in [-0.2, -0.15) is 0 Å². The minimum atomic E-state index is -0.598. The molecule has 0 spiro atoms. The van der Waals surface area contributed by atoms with Crippen LogP contribution in [0, 0.1) is 11.8 Å². The highest BCUT2D eigenvalue weighted by molar-refractivity contribution is 5.70. The number of carbonyl (C=O) groups is 1. The van der Waals surface area contributed by atoms with Crippen molar-refractivity contribution in [2.75, 3.05) is 39.8 Å². The quantitative estimate of drug-likeness (QED) is 0.826. The normalized spacial score (nSPS) is 29.1. The Morgan fingerprint density at radius 2 is 1.89 bits per heavy atom. The maximum Gasteiger partial charge on any atom is 0.308 e. The van der Waals surface area contributed by atoms with Crippen molar-refractivity contribution in [2.45, 2.75) is 32.1 Å². The van der Waals surface area contributed by atoms with Crippen molar-refractivity contribution in [2.24, 2.45) is 11.8 Å². The third-order valence-corrected chi connectivity index (χ3v) is 4.47. The summed E-state index contributed by atoms with van der Waals surface area (Å²) in [5.41, 5.74) is 0. The van der Waals surface area contributed by atoms with E-state index < -0.39 is 5.97 Å². The van der Waals surface area contributed by atoms with Gasteiger partial charge in [0.1, 0.15) is 0 Å². The van der Waals surface area contributed by atoms with Crippen molar-refractivity contribution in [3.63, 3.8) is 0 Å². The van der Waals surface area contributed by atoms with Crippen LogP contribution in [0.25, 0.3) is 0 Å². The second kappa shape index (κ2) is 6.53. The number of rotatable bonds is 4. The second-order valence-corrected chi connectivity index (χ2v) is 5.97. The molecule has 4 heteroatoms. The molecular formula is C14H26N2O2. The first kappa shape index (κ1) is 13.8. The minimum Gasteiger partial charge on any atom is -0.481 e. The standard InChI is InChI=1S/C14H26N2O2/c1-15-9-6-12(10-15)13(14(17)18)11-16-7-4-2-3-5-8-16/h12-13H,2-11H2,1H3,(H,17,18). The molecule has 0 amide bonds. The molecule has 0 bridgehead atoms. The Labute approximate surface area is 110 Å². The predicted octanol–water partition coefficient (Wildman–Crippen LogP) is 1.51. The second-order valence-electron chi connectivity index (χ2n) is 5.97. The smallest absolute Gasteiger partial charge is 0.308 e. The molecule has 2 aliphatic heterocycles. The zero-order valence-electron chi connectivity index (χ0n) is 11.5. The first-order valence-electron chi connectivity index (χ1n) is 7.30. The number of hydrogen-bond acceptors (Lipinski definition) is 3. The highest BCUT2D eigenvalue weighted by Crippen LogP contribution is 2.25. The average molecular weight is 254 g/mol. The number of hydrogen-bond donors (Lipinski definition) is 1. The lowest BCUT2D eigenvalue weighted by molar-refractivity contribution is -0.144. The summed E-state index contributed by atoms with van der Waals surface area (Å²) in [6, 6.07) is 0. The van der Waals surface area contributed by atoms with Gasteiger partial charge in [0.2, 0.25) is 0 Å². The number of carboxylic acids is 1. The Morgan fingerprint density at radius 1 is 1.22 bits per heavy atom. The summed E-state index contributed by atoms with van der Waals surface area (Å²) in [5.74, 6) is -0.427. The van der Waals surface area contributed by atoms with E-state index in [-0.39, 0.29) is 5.92 Å². The first-order chi connectivity index (χ1) is 8.66. The van der Waals surface area contributed by atoms with Gasteiger partial charge in [-0.05, 0) is 51.9 Å². The van der Waals surface area contributed by atoms with E-state index >= 15 is 0 Å². The van der Waals surface area contributed by atoms with Gasteiger partial charge in [0, 0.05) is 13.1 Å². The maximum absolute atomic E-state index is 11.5. The molecule has 2 unspecified atom stereocenters. The van der Waals surface area contributed by atoms with E-state index in [4.69, 9.17) is 0 Å². The third kappa shape index (κ3) is 3.69. The molecule has 4 nitrogen and oxygen atoms in total. The molecule has 104 valence electrons. The summed E-state index contributed by atoms with van der Waals surface area (Å²) in [7, 11) is 2.09. The van der Waals surface area contributed by atoms with Crippen molar-refractivity contribution < 1.29 is 9.90 Å². The number of aliphatic carboxylic acids is 1. The molecule has 18 heavy (non-hydrogen) atoms. The summed E-state index contributed by atoms with van der Waals surface area (Å²) in [5, 5.41) is 9.48. The van der Waals surface area contributed by atoms with Gasteiger partial charge < -0.3 is 14.9 Å². The van der Waals surface area contributed by atoms with Crippen molar-refractivity contribution >= 4 is 5.97 Å². The summed E-state index contributed by atoms with van der Waals surface area (Å²) in [6.45, 7) is 4.94. The fourth-order valence-electron chi connectivity index (χ4n) is 3.32. The molecule has 2 atom stereocenters. The highest BCUT2D eigenvalue weighted by Gasteiger charge is 2.33. The van der Waals surface area contributed by atoms with E-state index in [0.717, 1.165) is 39.1 Å². The fourth-order valence-corrected chi connectivity index (χ4v) is 3.32. The first-order valence-corrected chi connectivity index (χ1v) is 7.30. The molecule has 0 aromatic carbocycles. The SMILES string of the molecule is CN1CCC(C(CN2CCCCCC2)C(=O)O)C1. The zero-order valence-corrected chi connectivity index (χ0v) is 11.5. The van der Waals surface area contributed by atoms with Gasteiger partial charge >= 0.3 is 5.97 Å².